The lowest BCUT2D eigenvalue weighted by Crippen LogP contribution is -2.22. The van der Waals surface area contributed by atoms with Crippen LogP contribution < -0.4 is 4.84 Å². The fourth-order valence-corrected chi connectivity index (χ4v) is 1.07. The van der Waals surface area contributed by atoms with E-state index in [4.69, 9.17) is 9.94 Å². The van der Waals surface area contributed by atoms with Gasteiger partial charge in [-0.1, -0.05) is 17.0 Å². The van der Waals surface area contributed by atoms with Gasteiger partial charge in [0.15, 0.2) is 0 Å². The second kappa shape index (κ2) is 3.02. The Kier molecular flexibility index (Phi) is 1.86. The average Bonchev–Trinajstić information content (AvgIpc) is 2.48. The summed E-state index contributed by atoms with van der Waals surface area (Å²) in [4.78, 5) is 6.17. The molecule has 0 radical (unpaired) electrons. The van der Waals surface area contributed by atoms with Gasteiger partial charge < -0.3 is 9.94 Å². The summed E-state index contributed by atoms with van der Waals surface area (Å²) in [5.41, 5.74) is 1.48. The Labute approximate surface area is 74.5 Å². The highest BCUT2D eigenvalue weighted by Crippen LogP contribution is 2.08. The summed E-state index contributed by atoms with van der Waals surface area (Å²) in [6.07, 6.45) is -0.898. The number of aliphatic hydroxyl groups excluding tert-OH is 1. The van der Waals surface area contributed by atoms with Gasteiger partial charge in [-0.3, -0.25) is 0 Å². The van der Waals surface area contributed by atoms with Crippen LogP contribution in [0.25, 0.3) is 11.0 Å². The van der Waals surface area contributed by atoms with Crippen molar-refractivity contribution in [3.8, 4) is 0 Å². The number of rotatable bonds is 2. The van der Waals surface area contributed by atoms with E-state index in [0.29, 0.717) is 0 Å². The second-order valence-electron chi connectivity index (χ2n) is 2.66. The van der Waals surface area contributed by atoms with Crippen LogP contribution in [0.15, 0.2) is 24.3 Å². The summed E-state index contributed by atoms with van der Waals surface area (Å²) in [7, 11) is 0. The summed E-state index contributed by atoms with van der Waals surface area (Å²) >= 11 is 0. The molecule has 5 heteroatoms. The van der Waals surface area contributed by atoms with Crippen LogP contribution in [-0.4, -0.2) is 26.6 Å². The second-order valence-corrected chi connectivity index (χ2v) is 2.66. The molecular weight excluding hydrogens is 170 g/mol. The molecule has 0 amide bonds. The van der Waals surface area contributed by atoms with Gasteiger partial charge in [-0.25, -0.2) is 0 Å². The van der Waals surface area contributed by atoms with E-state index in [-0.39, 0.29) is 0 Å². The van der Waals surface area contributed by atoms with E-state index in [1.165, 1.54) is 11.8 Å². The molecule has 13 heavy (non-hydrogen) atoms. The zero-order valence-corrected chi connectivity index (χ0v) is 7.08. The molecule has 0 spiro atoms. The molecule has 1 N–H and O–H groups in total. The predicted molar refractivity (Wildman–Crippen MR) is 45.8 cm³/mol. The van der Waals surface area contributed by atoms with Gasteiger partial charge in [-0.2, -0.15) is 0 Å². The molecular formula is C8H9N3O2. The van der Waals surface area contributed by atoms with Crippen molar-refractivity contribution in [2.45, 2.75) is 13.2 Å². The van der Waals surface area contributed by atoms with Crippen LogP contribution in [0.1, 0.15) is 6.92 Å². The van der Waals surface area contributed by atoms with Crippen LogP contribution in [0.4, 0.5) is 0 Å². The van der Waals surface area contributed by atoms with Gasteiger partial charge >= 0.3 is 0 Å². The zero-order valence-electron chi connectivity index (χ0n) is 7.08. The minimum absolute atomic E-state index is 0.739. The van der Waals surface area contributed by atoms with E-state index in [1.54, 1.807) is 0 Å². The van der Waals surface area contributed by atoms with Crippen molar-refractivity contribution in [1.29, 1.82) is 0 Å². The fraction of sp³-hybridized carbons (Fsp3) is 0.250. The van der Waals surface area contributed by atoms with Crippen LogP contribution in [0.2, 0.25) is 0 Å². The lowest BCUT2D eigenvalue weighted by Gasteiger charge is -2.06. The SMILES string of the molecule is CC(O)On1nnc2ccccc21. The van der Waals surface area contributed by atoms with Crippen LogP contribution >= 0.6 is 0 Å². The average molecular weight is 179 g/mol. The first-order valence-electron chi connectivity index (χ1n) is 3.93. The molecule has 1 unspecified atom stereocenters. The fourth-order valence-electron chi connectivity index (χ4n) is 1.07. The van der Waals surface area contributed by atoms with E-state index >= 15 is 0 Å². The van der Waals surface area contributed by atoms with E-state index in [9.17, 15) is 0 Å². The smallest absolute Gasteiger partial charge is 0.221 e. The maximum absolute atomic E-state index is 8.97. The molecule has 5 nitrogen and oxygen atoms in total. The topological polar surface area (TPSA) is 60.2 Å². The minimum atomic E-state index is -0.898. The number of para-hydroxylation sites is 1. The molecule has 1 heterocycles. The largest absolute Gasteiger partial charge is 0.363 e. The quantitative estimate of drug-likeness (QED) is 0.669. The van der Waals surface area contributed by atoms with E-state index in [2.05, 4.69) is 10.3 Å². The van der Waals surface area contributed by atoms with Gasteiger partial charge in [-0.15, -0.1) is 5.10 Å². The number of nitrogens with zero attached hydrogens (tertiary/aromatic N) is 3. The minimum Gasteiger partial charge on any atom is -0.363 e. The lowest BCUT2D eigenvalue weighted by molar-refractivity contribution is -0.0998. The Balaban J connectivity index is 2.46. The molecule has 2 aromatic rings. The van der Waals surface area contributed by atoms with Gasteiger partial charge in [0.05, 0.1) is 0 Å². The zero-order chi connectivity index (χ0) is 9.26. The van der Waals surface area contributed by atoms with Crippen molar-refractivity contribution in [3.63, 3.8) is 0 Å². The Morgan fingerprint density at radius 1 is 1.46 bits per heavy atom. The third-order valence-corrected chi connectivity index (χ3v) is 1.57. The highest BCUT2D eigenvalue weighted by molar-refractivity contribution is 5.73. The molecule has 1 aromatic carbocycles. The number of hydrogen-bond acceptors (Lipinski definition) is 4. The van der Waals surface area contributed by atoms with Crippen LogP contribution in [0.3, 0.4) is 0 Å². The molecule has 0 aliphatic rings. The summed E-state index contributed by atoms with van der Waals surface area (Å²) < 4.78 is 0. The van der Waals surface area contributed by atoms with Crippen LogP contribution in [0, 0.1) is 0 Å². The predicted octanol–water partition coefficient (Wildman–Crippen LogP) is 0.198. The molecule has 0 aliphatic heterocycles. The van der Waals surface area contributed by atoms with E-state index in [1.807, 2.05) is 24.3 Å². The highest BCUT2D eigenvalue weighted by atomic mass is 16.7. The van der Waals surface area contributed by atoms with Crippen molar-refractivity contribution < 1.29 is 9.94 Å². The number of fused-ring (bicyclic) bond motifs is 1. The number of aliphatic hydroxyl groups is 1. The molecule has 0 bridgehead atoms. The normalized spacial score (nSPS) is 13.1. The monoisotopic (exact) mass is 179 g/mol. The van der Waals surface area contributed by atoms with Crippen molar-refractivity contribution >= 4 is 11.0 Å². The van der Waals surface area contributed by atoms with Gasteiger partial charge in [0.25, 0.3) is 0 Å². The third kappa shape index (κ3) is 1.46. The molecule has 68 valence electrons. The molecule has 1 aromatic heterocycles. The first kappa shape index (κ1) is 8.00. The number of aromatic nitrogens is 3. The summed E-state index contributed by atoms with van der Waals surface area (Å²) in [6.45, 7) is 1.51. The Morgan fingerprint density at radius 2 is 2.23 bits per heavy atom. The number of benzene rings is 1. The maximum atomic E-state index is 8.97. The summed E-state index contributed by atoms with van der Waals surface area (Å²) in [6, 6.07) is 7.36. The lowest BCUT2D eigenvalue weighted by atomic mass is 10.3. The van der Waals surface area contributed by atoms with Crippen molar-refractivity contribution in [2.75, 3.05) is 0 Å². The molecule has 0 saturated carbocycles. The van der Waals surface area contributed by atoms with Gasteiger partial charge in [0.1, 0.15) is 11.0 Å². The Bertz CT molecular complexity index is 410. The van der Waals surface area contributed by atoms with Crippen molar-refractivity contribution in [2.24, 2.45) is 0 Å². The highest BCUT2D eigenvalue weighted by Gasteiger charge is 2.05. The van der Waals surface area contributed by atoms with Crippen molar-refractivity contribution in [3.05, 3.63) is 24.3 Å². The summed E-state index contributed by atoms with van der Waals surface area (Å²) in [5.74, 6) is 0. The third-order valence-electron chi connectivity index (χ3n) is 1.57. The molecule has 1 atom stereocenters. The van der Waals surface area contributed by atoms with Gasteiger partial charge in [0, 0.05) is 6.92 Å². The Hall–Kier alpha value is -1.62. The van der Waals surface area contributed by atoms with Gasteiger partial charge in [0.2, 0.25) is 6.29 Å². The summed E-state index contributed by atoms with van der Waals surface area (Å²) in [5, 5.41) is 16.5. The van der Waals surface area contributed by atoms with E-state index < -0.39 is 6.29 Å². The van der Waals surface area contributed by atoms with Crippen molar-refractivity contribution in [1.82, 2.24) is 15.2 Å². The first-order valence-corrected chi connectivity index (χ1v) is 3.93. The molecule has 0 aliphatic carbocycles. The van der Waals surface area contributed by atoms with Crippen LogP contribution in [-0.2, 0) is 0 Å². The van der Waals surface area contributed by atoms with E-state index in [0.717, 1.165) is 11.0 Å². The number of hydrogen-bond donors (Lipinski definition) is 1. The van der Waals surface area contributed by atoms with Gasteiger partial charge in [-0.05, 0) is 17.3 Å². The maximum Gasteiger partial charge on any atom is 0.221 e. The standard InChI is InChI=1S/C8H9N3O2/c1-6(12)13-11-8-5-3-2-4-7(8)9-10-11/h2-6,12H,1H3. The van der Waals surface area contributed by atoms with Crippen LogP contribution in [0.5, 0.6) is 0 Å². The first-order chi connectivity index (χ1) is 6.27. The molecule has 0 fully saturated rings. The molecule has 2 rings (SSSR count). The molecule has 0 saturated heterocycles. The Morgan fingerprint density at radius 3 is 3.00 bits per heavy atom.